The maximum atomic E-state index is 6.16. The molecule has 0 spiro atoms. The summed E-state index contributed by atoms with van der Waals surface area (Å²) in [6, 6.07) is 5.32. The van der Waals surface area contributed by atoms with Crippen LogP contribution in [0.1, 0.15) is 4.88 Å². The molecule has 0 saturated heterocycles. The summed E-state index contributed by atoms with van der Waals surface area (Å²) >= 11 is 19.7. The van der Waals surface area contributed by atoms with Gasteiger partial charge in [-0.3, -0.25) is 0 Å². The number of thiophene rings is 1. The minimum absolute atomic E-state index is 0.418. The predicted molar refractivity (Wildman–Crippen MR) is 86.9 cm³/mol. The molecular formula is C13H8Cl3N3S. The molecule has 0 fully saturated rings. The van der Waals surface area contributed by atoms with Crippen molar-refractivity contribution in [2.75, 3.05) is 5.32 Å². The molecule has 20 heavy (non-hydrogen) atoms. The second-order valence-electron chi connectivity index (χ2n) is 4.17. The number of rotatable bonds is 2. The first-order valence-electron chi connectivity index (χ1n) is 5.67. The minimum Gasteiger partial charge on any atom is -0.338 e. The van der Waals surface area contributed by atoms with Crippen molar-refractivity contribution < 1.29 is 0 Å². The Hall–Kier alpha value is -1.07. The van der Waals surface area contributed by atoms with Crippen molar-refractivity contribution >= 4 is 67.9 Å². The number of halogens is 3. The first-order valence-corrected chi connectivity index (χ1v) is 7.62. The van der Waals surface area contributed by atoms with Gasteiger partial charge in [0.2, 0.25) is 0 Å². The number of nitrogens with zero attached hydrogens (tertiary/aromatic N) is 2. The van der Waals surface area contributed by atoms with Crippen LogP contribution in [0, 0.1) is 6.92 Å². The molecular weight excluding hydrogens is 337 g/mol. The molecule has 2 aromatic heterocycles. The molecule has 0 aliphatic carbocycles. The lowest BCUT2D eigenvalue weighted by Gasteiger charge is -2.09. The number of aryl methyl sites for hydroxylation is 1. The maximum Gasteiger partial charge on any atom is 0.142 e. The quantitative estimate of drug-likeness (QED) is 0.606. The molecule has 0 saturated carbocycles. The van der Waals surface area contributed by atoms with Gasteiger partial charge in [-0.2, -0.15) is 0 Å². The molecule has 0 bridgehead atoms. The van der Waals surface area contributed by atoms with Crippen LogP contribution in [0.2, 0.25) is 15.1 Å². The number of nitrogens with one attached hydrogen (secondary N) is 1. The van der Waals surface area contributed by atoms with Gasteiger partial charge in [-0.05, 0) is 25.1 Å². The van der Waals surface area contributed by atoms with E-state index >= 15 is 0 Å². The standard InChI is InChI=1S/C13H8Cl3N3S/c1-6-2-7-12(17-5-18-13(7)20-6)19-11-4-9(15)8(14)3-10(11)16/h2-5H,1H3,(H,17,18,19). The first-order chi connectivity index (χ1) is 9.54. The van der Waals surface area contributed by atoms with Gasteiger partial charge in [-0.1, -0.05) is 34.8 Å². The van der Waals surface area contributed by atoms with Crippen molar-refractivity contribution in [1.29, 1.82) is 0 Å². The van der Waals surface area contributed by atoms with Crippen LogP contribution >= 0.6 is 46.1 Å². The average Bonchev–Trinajstić information content (AvgIpc) is 2.77. The van der Waals surface area contributed by atoms with Crippen molar-refractivity contribution in [3.63, 3.8) is 0 Å². The van der Waals surface area contributed by atoms with E-state index in [0.717, 1.165) is 10.2 Å². The molecule has 7 heteroatoms. The molecule has 3 aromatic rings. The molecule has 3 nitrogen and oxygen atoms in total. The fraction of sp³-hybridized carbons (Fsp3) is 0.0769. The number of hydrogen-bond acceptors (Lipinski definition) is 4. The molecule has 0 unspecified atom stereocenters. The Kier molecular flexibility index (Phi) is 3.73. The molecule has 2 heterocycles. The van der Waals surface area contributed by atoms with Crippen molar-refractivity contribution in [2.24, 2.45) is 0 Å². The SMILES string of the molecule is Cc1cc2c(Nc3cc(Cl)c(Cl)cc3Cl)ncnc2s1. The third-order valence-electron chi connectivity index (χ3n) is 2.72. The molecule has 1 aromatic carbocycles. The van der Waals surface area contributed by atoms with Gasteiger partial charge in [-0.25, -0.2) is 9.97 Å². The van der Waals surface area contributed by atoms with E-state index in [4.69, 9.17) is 34.8 Å². The van der Waals surface area contributed by atoms with Crippen LogP contribution in [0.4, 0.5) is 11.5 Å². The van der Waals surface area contributed by atoms with Crippen LogP contribution in [0.25, 0.3) is 10.2 Å². The van der Waals surface area contributed by atoms with E-state index < -0.39 is 0 Å². The Bertz CT molecular complexity index is 801. The summed E-state index contributed by atoms with van der Waals surface area (Å²) in [5.41, 5.74) is 0.657. The summed E-state index contributed by atoms with van der Waals surface area (Å²) in [7, 11) is 0. The highest BCUT2D eigenvalue weighted by Gasteiger charge is 2.10. The van der Waals surface area contributed by atoms with Crippen molar-refractivity contribution in [3.05, 3.63) is 44.5 Å². The topological polar surface area (TPSA) is 37.8 Å². The summed E-state index contributed by atoms with van der Waals surface area (Å²) in [6.07, 6.45) is 1.52. The van der Waals surface area contributed by atoms with Crippen molar-refractivity contribution in [1.82, 2.24) is 9.97 Å². The fourth-order valence-electron chi connectivity index (χ4n) is 1.82. The minimum atomic E-state index is 0.418. The molecule has 0 atom stereocenters. The van der Waals surface area contributed by atoms with E-state index in [9.17, 15) is 0 Å². The Morgan fingerprint density at radius 3 is 2.55 bits per heavy atom. The van der Waals surface area contributed by atoms with E-state index in [2.05, 4.69) is 15.3 Å². The lowest BCUT2D eigenvalue weighted by Crippen LogP contribution is -1.95. The van der Waals surface area contributed by atoms with Crippen LogP contribution < -0.4 is 5.32 Å². The van der Waals surface area contributed by atoms with E-state index in [1.807, 2.05) is 13.0 Å². The molecule has 1 N–H and O–H groups in total. The highest BCUT2D eigenvalue weighted by Crippen LogP contribution is 2.35. The molecule has 0 amide bonds. The molecule has 0 aliphatic heterocycles. The second kappa shape index (κ2) is 5.37. The fourth-order valence-corrected chi connectivity index (χ4v) is 3.26. The van der Waals surface area contributed by atoms with Crippen LogP contribution in [0.3, 0.4) is 0 Å². The highest BCUT2D eigenvalue weighted by atomic mass is 35.5. The lowest BCUT2D eigenvalue weighted by molar-refractivity contribution is 1.23. The van der Waals surface area contributed by atoms with Gasteiger partial charge in [0.25, 0.3) is 0 Å². The largest absolute Gasteiger partial charge is 0.338 e. The van der Waals surface area contributed by atoms with E-state index in [0.29, 0.717) is 26.6 Å². The number of hydrogen-bond donors (Lipinski definition) is 1. The third-order valence-corrected chi connectivity index (χ3v) is 4.71. The van der Waals surface area contributed by atoms with Gasteiger partial charge in [0, 0.05) is 4.88 Å². The van der Waals surface area contributed by atoms with Crippen LogP contribution in [-0.2, 0) is 0 Å². The summed E-state index contributed by atoms with van der Waals surface area (Å²) in [5.74, 6) is 0.694. The van der Waals surface area contributed by atoms with Crippen molar-refractivity contribution in [2.45, 2.75) is 6.92 Å². The van der Waals surface area contributed by atoms with E-state index in [1.54, 1.807) is 23.5 Å². The average molecular weight is 345 g/mol. The zero-order chi connectivity index (χ0) is 14.3. The van der Waals surface area contributed by atoms with Gasteiger partial charge in [-0.15, -0.1) is 11.3 Å². The smallest absolute Gasteiger partial charge is 0.142 e. The Morgan fingerprint density at radius 2 is 1.75 bits per heavy atom. The summed E-state index contributed by atoms with van der Waals surface area (Å²) in [5, 5.41) is 5.47. The monoisotopic (exact) mass is 343 g/mol. The normalized spacial score (nSPS) is 11.0. The third kappa shape index (κ3) is 2.56. The van der Waals surface area contributed by atoms with Gasteiger partial charge >= 0.3 is 0 Å². The lowest BCUT2D eigenvalue weighted by atomic mass is 10.3. The van der Waals surface area contributed by atoms with Gasteiger partial charge in [0.1, 0.15) is 17.0 Å². The number of fused-ring (bicyclic) bond motifs is 1. The zero-order valence-electron chi connectivity index (χ0n) is 10.2. The molecule has 102 valence electrons. The van der Waals surface area contributed by atoms with E-state index in [-0.39, 0.29) is 0 Å². The van der Waals surface area contributed by atoms with Crippen LogP contribution in [0.15, 0.2) is 24.5 Å². The molecule has 0 aliphatic rings. The summed E-state index contributed by atoms with van der Waals surface area (Å²) < 4.78 is 0. The zero-order valence-corrected chi connectivity index (χ0v) is 13.3. The Balaban J connectivity index is 2.07. The molecule has 3 rings (SSSR count). The number of anilines is 2. The van der Waals surface area contributed by atoms with E-state index in [1.165, 1.54) is 11.2 Å². The van der Waals surface area contributed by atoms with Crippen molar-refractivity contribution in [3.8, 4) is 0 Å². The number of benzene rings is 1. The number of aromatic nitrogens is 2. The van der Waals surface area contributed by atoms with Gasteiger partial charge in [0.05, 0.1) is 26.1 Å². The summed E-state index contributed by atoms with van der Waals surface area (Å²) in [4.78, 5) is 10.6. The van der Waals surface area contributed by atoms with Gasteiger partial charge < -0.3 is 5.32 Å². The first kappa shape index (κ1) is 13.9. The Morgan fingerprint density at radius 1 is 1.00 bits per heavy atom. The maximum absolute atomic E-state index is 6.16. The molecule has 0 radical (unpaired) electrons. The summed E-state index contributed by atoms with van der Waals surface area (Å²) in [6.45, 7) is 2.03. The van der Waals surface area contributed by atoms with Gasteiger partial charge in [0.15, 0.2) is 0 Å². The van der Waals surface area contributed by atoms with Crippen LogP contribution in [0.5, 0.6) is 0 Å². The predicted octanol–water partition coefficient (Wildman–Crippen LogP) is 5.70. The Labute approximate surface area is 134 Å². The highest BCUT2D eigenvalue weighted by molar-refractivity contribution is 7.18. The second-order valence-corrected chi connectivity index (χ2v) is 6.63. The van der Waals surface area contributed by atoms with Crippen LogP contribution in [-0.4, -0.2) is 9.97 Å².